The standard InChI is InChI=1S/C12H17N3O4/c13-8-2-1-7(5-8)12(19)15-4-3-14-11(18)9(15)6-10(16)17/h1-2,7-9H,3-6,13H2,(H,14,18)(H,16,17). The van der Waals surface area contributed by atoms with Crippen LogP contribution in [0, 0.1) is 5.92 Å². The van der Waals surface area contributed by atoms with Gasteiger partial charge in [-0.15, -0.1) is 0 Å². The predicted molar refractivity (Wildman–Crippen MR) is 66.0 cm³/mol. The molecule has 0 aromatic carbocycles. The molecule has 2 rings (SSSR count). The third-order valence-corrected chi connectivity index (χ3v) is 3.42. The van der Waals surface area contributed by atoms with Crippen LogP contribution in [0.2, 0.25) is 0 Å². The first-order chi connectivity index (χ1) is 8.99. The van der Waals surface area contributed by atoms with Gasteiger partial charge in [0.15, 0.2) is 0 Å². The summed E-state index contributed by atoms with van der Waals surface area (Å²) in [5, 5.41) is 11.4. The Hall–Kier alpha value is -1.89. The molecule has 0 saturated carbocycles. The van der Waals surface area contributed by atoms with E-state index in [0.29, 0.717) is 19.5 Å². The van der Waals surface area contributed by atoms with Crippen LogP contribution in [0.3, 0.4) is 0 Å². The number of carboxylic acid groups (broad SMARTS) is 1. The summed E-state index contributed by atoms with van der Waals surface area (Å²) in [6.45, 7) is 0.686. The summed E-state index contributed by atoms with van der Waals surface area (Å²) in [5.74, 6) is -2.07. The number of hydrogen-bond acceptors (Lipinski definition) is 4. The Morgan fingerprint density at radius 2 is 2.21 bits per heavy atom. The van der Waals surface area contributed by atoms with Crippen LogP contribution in [-0.2, 0) is 14.4 Å². The van der Waals surface area contributed by atoms with Crippen LogP contribution < -0.4 is 11.1 Å². The van der Waals surface area contributed by atoms with Crippen LogP contribution in [0.15, 0.2) is 12.2 Å². The molecule has 19 heavy (non-hydrogen) atoms. The zero-order valence-corrected chi connectivity index (χ0v) is 10.4. The van der Waals surface area contributed by atoms with Crippen molar-refractivity contribution in [3.8, 4) is 0 Å². The number of nitrogens with two attached hydrogens (primary N) is 1. The molecule has 0 aromatic heterocycles. The maximum absolute atomic E-state index is 12.3. The lowest BCUT2D eigenvalue weighted by molar-refractivity contribution is -0.150. The zero-order chi connectivity index (χ0) is 14.0. The summed E-state index contributed by atoms with van der Waals surface area (Å²) in [6, 6.07) is -1.07. The summed E-state index contributed by atoms with van der Waals surface area (Å²) < 4.78 is 0. The number of aliphatic carboxylic acids is 1. The van der Waals surface area contributed by atoms with Crippen molar-refractivity contribution in [1.29, 1.82) is 0 Å². The number of piperazine rings is 1. The average molecular weight is 267 g/mol. The molecule has 3 atom stereocenters. The number of nitrogens with one attached hydrogen (secondary N) is 1. The molecule has 4 N–H and O–H groups in total. The van der Waals surface area contributed by atoms with Gasteiger partial charge in [0, 0.05) is 19.1 Å². The van der Waals surface area contributed by atoms with Gasteiger partial charge in [0.05, 0.1) is 12.3 Å². The lowest BCUT2D eigenvalue weighted by atomic mass is 10.0. The Bertz CT molecular complexity index is 435. The van der Waals surface area contributed by atoms with Gasteiger partial charge in [0.2, 0.25) is 11.8 Å². The molecule has 2 aliphatic rings. The zero-order valence-electron chi connectivity index (χ0n) is 10.4. The summed E-state index contributed by atoms with van der Waals surface area (Å²) in [5.41, 5.74) is 5.70. The van der Waals surface area contributed by atoms with Crippen molar-refractivity contribution in [2.24, 2.45) is 11.7 Å². The summed E-state index contributed by atoms with van der Waals surface area (Å²) >= 11 is 0. The molecule has 0 spiro atoms. The molecule has 2 amide bonds. The normalized spacial score (nSPS) is 30.3. The van der Waals surface area contributed by atoms with E-state index < -0.39 is 17.9 Å². The maximum atomic E-state index is 12.3. The highest BCUT2D eigenvalue weighted by Gasteiger charge is 2.37. The molecule has 7 nitrogen and oxygen atoms in total. The van der Waals surface area contributed by atoms with Gasteiger partial charge >= 0.3 is 5.97 Å². The molecular weight excluding hydrogens is 250 g/mol. The highest BCUT2D eigenvalue weighted by molar-refractivity contribution is 5.92. The number of hydrogen-bond donors (Lipinski definition) is 3. The lowest BCUT2D eigenvalue weighted by Gasteiger charge is -2.35. The minimum Gasteiger partial charge on any atom is -0.481 e. The Kier molecular flexibility index (Phi) is 3.84. The van der Waals surface area contributed by atoms with Gasteiger partial charge in [-0.2, -0.15) is 0 Å². The molecule has 1 saturated heterocycles. The van der Waals surface area contributed by atoms with E-state index in [1.807, 2.05) is 0 Å². The Morgan fingerprint density at radius 3 is 2.79 bits per heavy atom. The topological polar surface area (TPSA) is 113 Å². The van der Waals surface area contributed by atoms with Gasteiger partial charge in [-0.05, 0) is 6.42 Å². The molecule has 1 heterocycles. The molecule has 1 aliphatic heterocycles. The SMILES string of the molecule is NC1C=CC(C(=O)N2CCNC(=O)C2CC(=O)O)C1. The second-order valence-corrected chi connectivity index (χ2v) is 4.83. The van der Waals surface area contributed by atoms with E-state index in [1.54, 1.807) is 12.2 Å². The van der Waals surface area contributed by atoms with Crippen molar-refractivity contribution in [2.45, 2.75) is 24.9 Å². The number of carbonyl (C=O) groups is 3. The van der Waals surface area contributed by atoms with Crippen molar-refractivity contribution >= 4 is 17.8 Å². The molecule has 104 valence electrons. The quantitative estimate of drug-likeness (QED) is 0.550. The van der Waals surface area contributed by atoms with Gasteiger partial charge in [0.1, 0.15) is 6.04 Å². The highest BCUT2D eigenvalue weighted by Crippen LogP contribution is 2.22. The van der Waals surface area contributed by atoms with E-state index in [4.69, 9.17) is 10.8 Å². The first kappa shape index (κ1) is 13.5. The molecule has 7 heteroatoms. The number of carbonyl (C=O) groups excluding carboxylic acids is 2. The van der Waals surface area contributed by atoms with Gasteiger partial charge in [-0.25, -0.2) is 0 Å². The summed E-state index contributed by atoms with van der Waals surface area (Å²) in [6.07, 6.45) is 3.63. The predicted octanol–water partition coefficient (Wildman–Crippen LogP) is -1.31. The van der Waals surface area contributed by atoms with Crippen LogP contribution in [0.25, 0.3) is 0 Å². The van der Waals surface area contributed by atoms with E-state index >= 15 is 0 Å². The van der Waals surface area contributed by atoms with Crippen molar-refractivity contribution < 1.29 is 19.5 Å². The number of amides is 2. The molecular formula is C12H17N3O4. The number of rotatable bonds is 3. The second kappa shape index (κ2) is 5.40. The summed E-state index contributed by atoms with van der Waals surface area (Å²) in [7, 11) is 0. The van der Waals surface area contributed by atoms with Crippen molar-refractivity contribution in [2.75, 3.05) is 13.1 Å². The number of carboxylic acids is 1. The third kappa shape index (κ3) is 2.93. The van der Waals surface area contributed by atoms with Crippen LogP contribution in [0.5, 0.6) is 0 Å². The lowest BCUT2D eigenvalue weighted by Crippen LogP contribution is -2.58. The fourth-order valence-corrected chi connectivity index (χ4v) is 2.47. The minimum absolute atomic E-state index is 0.148. The van der Waals surface area contributed by atoms with Crippen molar-refractivity contribution in [3.63, 3.8) is 0 Å². The average Bonchev–Trinajstić information content (AvgIpc) is 2.77. The first-order valence-electron chi connectivity index (χ1n) is 6.23. The van der Waals surface area contributed by atoms with Gasteiger partial charge in [0.25, 0.3) is 0 Å². The second-order valence-electron chi connectivity index (χ2n) is 4.83. The van der Waals surface area contributed by atoms with Crippen LogP contribution in [0.4, 0.5) is 0 Å². The Morgan fingerprint density at radius 1 is 1.47 bits per heavy atom. The smallest absolute Gasteiger partial charge is 0.305 e. The van der Waals surface area contributed by atoms with E-state index in [0.717, 1.165) is 0 Å². The minimum atomic E-state index is -1.10. The maximum Gasteiger partial charge on any atom is 0.305 e. The summed E-state index contributed by atoms with van der Waals surface area (Å²) in [4.78, 5) is 36.2. The van der Waals surface area contributed by atoms with E-state index in [1.165, 1.54) is 4.90 Å². The third-order valence-electron chi connectivity index (χ3n) is 3.42. The molecule has 0 radical (unpaired) electrons. The van der Waals surface area contributed by atoms with Gasteiger partial charge < -0.3 is 21.1 Å². The molecule has 0 aromatic rings. The molecule has 1 fully saturated rings. The molecule has 0 bridgehead atoms. The first-order valence-corrected chi connectivity index (χ1v) is 6.23. The largest absolute Gasteiger partial charge is 0.481 e. The van der Waals surface area contributed by atoms with Crippen LogP contribution in [0.1, 0.15) is 12.8 Å². The molecule has 3 unspecified atom stereocenters. The Labute approximate surface area is 110 Å². The van der Waals surface area contributed by atoms with Gasteiger partial charge in [-0.3, -0.25) is 14.4 Å². The van der Waals surface area contributed by atoms with Crippen molar-refractivity contribution in [1.82, 2.24) is 10.2 Å². The Balaban J connectivity index is 2.11. The van der Waals surface area contributed by atoms with E-state index in [9.17, 15) is 14.4 Å². The number of nitrogens with zero attached hydrogens (tertiary/aromatic N) is 1. The fourth-order valence-electron chi connectivity index (χ4n) is 2.47. The highest BCUT2D eigenvalue weighted by atomic mass is 16.4. The van der Waals surface area contributed by atoms with E-state index in [2.05, 4.69) is 5.32 Å². The van der Waals surface area contributed by atoms with Crippen LogP contribution >= 0.6 is 0 Å². The molecule has 1 aliphatic carbocycles. The monoisotopic (exact) mass is 267 g/mol. The van der Waals surface area contributed by atoms with Gasteiger partial charge in [-0.1, -0.05) is 12.2 Å². The fraction of sp³-hybridized carbons (Fsp3) is 0.583. The van der Waals surface area contributed by atoms with Crippen LogP contribution in [-0.4, -0.2) is 53.0 Å². The van der Waals surface area contributed by atoms with E-state index in [-0.39, 0.29) is 24.3 Å². The van der Waals surface area contributed by atoms with Crippen molar-refractivity contribution in [3.05, 3.63) is 12.2 Å².